The summed E-state index contributed by atoms with van der Waals surface area (Å²) in [4.78, 5) is 25.2. The smallest absolute Gasteiger partial charge is 0.387 e. The van der Waals surface area contributed by atoms with Crippen LogP contribution in [-0.4, -0.2) is 35.3 Å². The highest BCUT2D eigenvalue weighted by molar-refractivity contribution is 6.33. The van der Waals surface area contributed by atoms with E-state index >= 15 is 0 Å². The van der Waals surface area contributed by atoms with Gasteiger partial charge in [-0.1, -0.05) is 18.5 Å². The van der Waals surface area contributed by atoms with Crippen LogP contribution in [-0.2, 0) is 4.79 Å². The van der Waals surface area contributed by atoms with Crippen molar-refractivity contribution < 1.29 is 33.0 Å². The van der Waals surface area contributed by atoms with E-state index in [0.29, 0.717) is 34.3 Å². The number of fused-ring (bicyclic) bond motifs is 1. The second-order valence-electron chi connectivity index (χ2n) is 6.85. The number of carbonyl (C=O) groups is 2. The lowest BCUT2D eigenvalue weighted by Crippen LogP contribution is -2.16. The van der Waals surface area contributed by atoms with Crippen molar-refractivity contribution in [1.82, 2.24) is 4.57 Å². The number of nitrogens with zero attached hydrogens (tertiary/aromatic N) is 1. The van der Waals surface area contributed by atoms with Gasteiger partial charge in [-0.15, -0.1) is 0 Å². The number of carboxylic acids is 1. The van der Waals surface area contributed by atoms with E-state index in [4.69, 9.17) is 16.3 Å². The number of carboxylic acid groups (broad SMARTS) is 1. The Morgan fingerprint density at radius 1 is 1.19 bits per heavy atom. The van der Waals surface area contributed by atoms with Crippen molar-refractivity contribution in [1.29, 1.82) is 0 Å². The molecule has 0 amide bonds. The molecule has 164 valence electrons. The summed E-state index contributed by atoms with van der Waals surface area (Å²) in [5.74, 6) is -2.04. The van der Waals surface area contributed by atoms with Gasteiger partial charge in [-0.3, -0.25) is 14.2 Å². The molecule has 6 nitrogen and oxygen atoms in total. The molecule has 1 atom stereocenters. The Bertz CT molecular complexity index is 1140. The van der Waals surface area contributed by atoms with E-state index in [2.05, 4.69) is 4.74 Å². The first-order valence-corrected chi connectivity index (χ1v) is 9.78. The summed E-state index contributed by atoms with van der Waals surface area (Å²) in [6.07, 6.45) is 0.314. The molecule has 1 unspecified atom stereocenters. The Hall–Kier alpha value is -3.13. The number of aliphatic carboxylic acids is 1. The van der Waals surface area contributed by atoms with Gasteiger partial charge < -0.3 is 14.6 Å². The summed E-state index contributed by atoms with van der Waals surface area (Å²) in [5.41, 5.74) is 1.58. The predicted molar refractivity (Wildman–Crippen MR) is 112 cm³/mol. The number of aromatic nitrogens is 1. The van der Waals surface area contributed by atoms with Gasteiger partial charge in [-0.2, -0.15) is 8.78 Å². The first-order valence-electron chi connectivity index (χ1n) is 9.40. The van der Waals surface area contributed by atoms with E-state index in [-0.39, 0.29) is 16.3 Å². The zero-order valence-electron chi connectivity index (χ0n) is 17.0. The average Bonchev–Trinajstić information content (AvgIpc) is 2.98. The van der Waals surface area contributed by atoms with Crippen LogP contribution < -0.4 is 9.47 Å². The Labute approximate surface area is 181 Å². The number of hydrogen-bond donors (Lipinski definition) is 1. The minimum atomic E-state index is -2.97. The van der Waals surface area contributed by atoms with Gasteiger partial charge in [-0.25, -0.2) is 0 Å². The van der Waals surface area contributed by atoms with Crippen LogP contribution in [0.2, 0.25) is 5.02 Å². The second-order valence-corrected chi connectivity index (χ2v) is 7.25. The largest absolute Gasteiger partial charge is 0.495 e. The van der Waals surface area contributed by atoms with Crippen molar-refractivity contribution in [2.24, 2.45) is 0 Å². The zero-order chi connectivity index (χ0) is 22.9. The molecule has 1 N–H and O–H groups in total. The van der Waals surface area contributed by atoms with Crippen LogP contribution in [0, 0.1) is 6.92 Å². The number of carbonyl (C=O) groups excluding carboxylic acids is 1. The van der Waals surface area contributed by atoms with E-state index in [1.165, 1.54) is 35.9 Å². The number of halogens is 3. The third-order valence-electron chi connectivity index (χ3n) is 5.11. The molecule has 3 aromatic rings. The SMILES string of the molecule is CCC(C(=O)O)c1c(C)n(C(=O)c2ccc(OC(F)F)cc2)c2cc(Cl)c(OC)cc12. The molecule has 0 spiro atoms. The lowest BCUT2D eigenvalue weighted by atomic mass is 9.94. The monoisotopic (exact) mass is 451 g/mol. The molecule has 0 saturated carbocycles. The summed E-state index contributed by atoms with van der Waals surface area (Å²) >= 11 is 6.28. The number of rotatable bonds is 7. The van der Waals surface area contributed by atoms with Crippen molar-refractivity contribution >= 4 is 34.4 Å². The van der Waals surface area contributed by atoms with Crippen molar-refractivity contribution in [3.8, 4) is 11.5 Å². The number of ether oxygens (including phenoxy) is 2. The van der Waals surface area contributed by atoms with Crippen LogP contribution in [0.3, 0.4) is 0 Å². The quantitative estimate of drug-likeness (QED) is 0.514. The first kappa shape index (κ1) is 22.6. The van der Waals surface area contributed by atoms with Gasteiger partial charge in [0.25, 0.3) is 5.91 Å². The highest BCUT2D eigenvalue weighted by atomic mass is 35.5. The molecule has 31 heavy (non-hydrogen) atoms. The second kappa shape index (κ2) is 8.93. The molecule has 2 aromatic carbocycles. The fourth-order valence-corrected chi connectivity index (χ4v) is 3.94. The molecule has 1 aromatic heterocycles. The minimum Gasteiger partial charge on any atom is -0.495 e. The summed E-state index contributed by atoms with van der Waals surface area (Å²) in [6, 6.07) is 8.43. The van der Waals surface area contributed by atoms with E-state index in [9.17, 15) is 23.5 Å². The van der Waals surface area contributed by atoms with Crippen molar-refractivity contribution in [3.63, 3.8) is 0 Å². The van der Waals surface area contributed by atoms with E-state index in [1.807, 2.05) is 0 Å². The number of hydrogen-bond acceptors (Lipinski definition) is 4. The summed E-state index contributed by atoms with van der Waals surface area (Å²) in [6.45, 7) is 0.435. The van der Waals surface area contributed by atoms with Crippen LogP contribution in [0.4, 0.5) is 8.78 Å². The Morgan fingerprint density at radius 3 is 2.35 bits per heavy atom. The van der Waals surface area contributed by atoms with E-state index in [0.717, 1.165) is 0 Å². The molecule has 1 heterocycles. The topological polar surface area (TPSA) is 77.8 Å². The van der Waals surface area contributed by atoms with Gasteiger partial charge in [-0.05, 0) is 55.3 Å². The van der Waals surface area contributed by atoms with Gasteiger partial charge in [0.15, 0.2) is 0 Å². The lowest BCUT2D eigenvalue weighted by molar-refractivity contribution is -0.138. The summed E-state index contributed by atoms with van der Waals surface area (Å²) < 4.78 is 35.7. The molecule has 0 aliphatic heterocycles. The maximum absolute atomic E-state index is 13.3. The highest BCUT2D eigenvalue weighted by Gasteiger charge is 2.29. The molecule has 0 bridgehead atoms. The molecule has 3 rings (SSSR count). The van der Waals surface area contributed by atoms with Crippen LogP contribution in [0.15, 0.2) is 36.4 Å². The molecule has 9 heteroatoms. The molecular weight excluding hydrogens is 432 g/mol. The molecular formula is C22H20ClF2NO5. The van der Waals surface area contributed by atoms with E-state index in [1.54, 1.807) is 26.0 Å². The average molecular weight is 452 g/mol. The summed E-state index contributed by atoms with van der Waals surface area (Å²) in [7, 11) is 1.44. The van der Waals surface area contributed by atoms with Gasteiger partial charge in [0.1, 0.15) is 11.5 Å². The number of alkyl halides is 2. The Kier molecular flexibility index (Phi) is 6.50. The Morgan fingerprint density at radius 2 is 1.84 bits per heavy atom. The van der Waals surface area contributed by atoms with Gasteiger partial charge in [0.05, 0.1) is 23.6 Å². The highest BCUT2D eigenvalue weighted by Crippen LogP contribution is 2.39. The van der Waals surface area contributed by atoms with Crippen molar-refractivity contribution in [2.75, 3.05) is 7.11 Å². The molecule has 0 fully saturated rings. The molecule has 0 aliphatic carbocycles. The third kappa shape index (κ3) is 4.20. The first-order chi connectivity index (χ1) is 14.7. The maximum atomic E-state index is 13.3. The van der Waals surface area contributed by atoms with E-state index < -0.39 is 24.4 Å². The van der Waals surface area contributed by atoms with Crippen LogP contribution in [0.1, 0.15) is 40.9 Å². The van der Waals surface area contributed by atoms with Crippen LogP contribution >= 0.6 is 11.6 Å². The van der Waals surface area contributed by atoms with Crippen LogP contribution in [0.5, 0.6) is 11.5 Å². The molecule has 0 aliphatic rings. The maximum Gasteiger partial charge on any atom is 0.387 e. The van der Waals surface area contributed by atoms with Gasteiger partial charge in [0.2, 0.25) is 0 Å². The van der Waals surface area contributed by atoms with Crippen molar-refractivity contribution in [2.45, 2.75) is 32.8 Å². The predicted octanol–water partition coefficient (Wildman–Crippen LogP) is 5.48. The standard InChI is InChI=1S/C22H20ClF2NO5/c1-4-14(21(28)29)19-11(2)26(17-10-16(23)18(30-3)9-15(17)19)20(27)12-5-7-13(8-6-12)31-22(24)25/h5-10,14,22H,4H2,1-3H3,(H,28,29). The fourth-order valence-electron chi connectivity index (χ4n) is 3.71. The van der Waals surface area contributed by atoms with Crippen molar-refractivity contribution in [3.05, 3.63) is 58.2 Å². The minimum absolute atomic E-state index is 0.0777. The van der Waals surface area contributed by atoms with Gasteiger partial charge in [0, 0.05) is 16.6 Å². The Balaban J connectivity index is 2.22. The lowest BCUT2D eigenvalue weighted by Gasteiger charge is -2.12. The fraction of sp³-hybridized carbons (Fsp3) is 0.273. The summed E-state index contributed by atoms with van der Waals surface area (Å²) in [5, 5.41) is 10.5. The molecule has 0 saturated heterocycles. The van der Waals surface area contributed by atoms with Crippen LogP contribution in [0.25, 0.3) is 10.9 Å². The zero-order valence-corrected chi connectivity index (χ0v) is 17.7. The molecule has 0 radical (unpaired) electrons. The van der Waals surface area contributed by atoms with Gasteiger partial charge >= 0.3 is 12.6 Å². The normalized spacial score (nSPS) is 12.2. The number of benzene rings is 2. The third-order valence-corrected chi connectivity index (χ3v) is 5.41. The number of methoxy groups -OCH3 is 1.